The highest BCUT2D eigenvalue weighted by molar-refractivity contribution is 5.87. The van der Waals surface area contributed by atoms with Crippen LogP contribution in [0.1, 0.15) is 63.5 Å². The van der Waals surface area contributed by atoms with Crippen molar-refractivity contribution >= 4 is 11.5 Å². The molecule has 0 bridgehead atoms. The number of ketones is 1. The highest BCUT2D eigenvalue weighted by atomic mass is 16.1. The second-order valence-electron chi connectivity index (χ2n) is 6.34. The molecule has 1 atom stereocenters. The summed E-state index contributed by atoms with van der Waals surface area (Å²) in [4.78, 5) is 12.8. The fourth-order valence-corrected chi connectivity index (χ4v) is 2.92. The van der Waals surface area contributed by atoms with E-state index in [0.29, 0.717) is 6.42 Å². The molecule has 0 heterocycles. The Morgan fingerprint density at radius 3 is 2.08 bits per heavy atom. The van der Waals surface area contributed by atoms with Gasteiger partial charge in [0.2, 0.25) is 0 Å². The summed E-state index contributed by atoms with van der Waals surface area (Å²) in [6.07, 6.45) is 7.87. The Hall–Kier alpha value is -2.09. The predicted molar refractivity (Wildman–Crippen MR) is 102 cm³/mol. The first-order valence-electron chi connectivity index (χ1n) is 9.20. The molecule has 128 valence electrons. The summed E-state index contributed by atoms with van der Waals surface area (Å²) in [6.45, 7) is 2.23. The van der Waals surface area contributed by atoms with Gasteiger partial charge in [-0.15, -0.1) is 0 Å². The lowest BCUT2D eigenvalue weighted by Crippen LogP contribution is -2.21. The summed E-state index contributed by atoms with van der Waals surface area (Å²) < 4.78 is 0. The molecule has 0 saturated carbocycles. The minimum absolute atomic E-state index is 0.260. The van der Waals surface area contributed by atoms with E-state index in [1.807, 2.05) is 60.7 Å². The highest BCUT2D eigenvalue weighted by Crippen LogP contribution is 2.22. The van der Waals surface area contributed by atoms with Gasteiger partial charge in [-0.3, -0.25) is 4.79 Å². The molecule has 0 saturated heterocycles. The normalized spacial score (nSPS) is 11.9. The number of unbranched alkanes of at least 4 members (excludes halogenated alkanes) is 5. The van der Waals surface area contributed by atoms with E-state index in [-0.39, 0.29) is 11.8 Å². The minimum atomic E-state index is -0.260. The SMILES string of the molecule is CCCCCCCCC(=O)C(Nc1ccccc1)c1ccccc1. The van der Waals surface area contributed by atoms with E-state index in [1.54, 1.807) is 0 Å². The number of anilines is 1. The summed E-state index contributed by atoms with van der Waals surface area (Å²) >= 11 is 0. The molecular weight excluding hydrogens is 294 g/mol. The standard InChI is InChI=1S/C22H29NO/c1-2-3-4-5-6-13-18-21(24)22(19-14-9-7-10-15-19)23-20-16-11-8-12-17-20/h7-12,14-17,22-23H,2-6,13,18H2,1H3. The van der Waals surface area contributed by atoms with Crippen molar-refractivity contribution in [3.63, 3.8) is 0 Å². The largest absolute Gasteiger partial charge is 0.372 e. The molecule has 2 aromatic carbocycles. The summed E-state index contributed by atoms with van der Waals surface area (Å²) in [7, 11) is 0. The second kappa shape index (κ2) is 10.6. The molecule has 0 radical (unpaired) electrons. The first kappa shape index (κ1) is 18.3. The Morgan fingerprint density at radius 1 is 0.833 bits per heavy atom. The fourth-order valence-electron chi connectivity index (χ4n) is 2.92. The number of Topliss-reactive ketones (excluding diaryl/α,β-unsaturated/α-hetero) is 1. The van der Waals surface area contributed by atoms with Crippen LogP contribution in [0.25, 0.3) is 0 Å². The van der Waals surface area contributed by atoms with E-state index in [2.05, 4.69) is 12.2 Å². The van der Waals surface area contributed by atoms with Gasteiger partial charge < -0.3 is 5.32 Å². The average Bonchev–Trinajstić information content (AvgIpc) is 2.64. The summed E-state index contributed by atoms with van der Waals surface area (Å²) in [5, 5.41) is 3.41. The van der Waals surface area contributed by atoms with Gasteiger partial charge in [0, 0.05) is 12.1 Å². The molecule has 0 amide bonds. The first-order chi connectivity index (χ1) is 11.8. The molecular formula is C22H29NO. The van der Waals surface area contributed by atoms with E-state index in [4.69, 9.17) is 0 Å². The van der Waals surface area contributed by atoms with Crippen molar-refractivity contribution in [2.24, 2.45) is 0 Å². The minimum Gasteiger partial charge on any atom is -0.372 e. The van der Waals surface area contributed by atoms with Gasteiger partial charge in [0.1, 0.15) is 6.04 Å². The quantitative estimate of drug-likeness (QED) is 0.502. The van der Waals surface area contributed by atoms with Gasteiger partial charge in [0.25, 0.3) is 0 Å². The van der Waals surface area contributed by atoms with Crippen LogP contribution in [0.4, 0.5) is 5.69 Å². The smallest absolute Gasteiger partial charge is 0.159 e. The molecule has 24 heavy (non-hydrogen) atoms. The Morgan fingerprint density at radius 2 is 1.42 bits per heavy atom. The maximum absolute atomic E-state index is 12.8. The number of benzene rings is 2. The maximum atomic E-state index is 12.8. The number of carbonyl (C=O) groups is 1. The van der Waals surface area contributed by atoms with Crippen LogP contribution in [0.2, 0.25) is 0 Å². The Labute approximate surface area is 146 Å². The third-order valence-electron chi connectivity index (χ3n) is 4.32. The van der Waals surface area contributed by atoms with Crippen molar-refractivity contribution in [2.45, 2.75) is 57.9 Å². The van der Waals surface area contributed by atoms with Crippen molar-refractivity contribution in [1.82, 2.24) is 0 Å². The van der Waals surface area contributed by atoms with Crippen LogP contribution in [-0.4, -0.2) is 5.78 Å². The van der Waals surface area contributed by atoms with E-state index in [9.17, 15) is 4.79 Å². The van der Waals surface area contributed by atoms with Gasteiger partial charge in [-0.2, -0.15) is 0 Å². The van der Waals surface area contributed by atoms with Crippen LogP contribution in [-0.2, 0) is 4.79 Å². The van der Waals surface area contributed by atoms with Gasteiger partial charge in [0.05, 0.1) is 0 Å². The monoisotopic (exact) mass is 323 g/mol. The summed E-state index contributed by atoms with van der Waals surface area (Å²) in [5.74, 6) is 0.278. The number of carbonyl (C=O) groups excluding carboxylic acids is 1. The topological polar surface area (TPSA) is 29.1 Å². The molecule has 0 aliphatic carbocycles. The van der Waals surface area contributed by atoms with E-state index < -0.39 is 0 Å². The average molecular weight is 323 g/mol. The molecule has 2 aromatic rings. The molecule has 1 unspecified atom stereocenters. The van der Waals surface area contributed by atoms with E-state index >= 15 is 0 Å². The third kappa shape index (κ3) is 6.19. The molecule has 0 aromatic heterocycles. The molecule has 2 nitrogen and oxygen atoms in total. The molecule has 0 spiro atoms. The zero-order valence-electron chi connectivity index (χ0n) is 14.7. The number of hydrogen-bond acceptors (Lipinski definition) is 2. The maximum Gasteiger partial charge on any atom is 0.159 e. The Balaban J connectivity index is 1.94. The van der Waals surface area contributed by atoms with Crippen molar-refractivity contribution in [3.8, 4) is 0 Å². The third-order valence-corrected chi connectivity index (χ3v) is 4.32. The van der Waals surface area contributed by atoms with E-state index in [1.165, 1.54) is 25.7 Å². The summed E-state index contributed by atoms with van der Waals surface area (Å²) in [6, 6.07) is 19.7. The molecule has 2 rings (SSSR count). The molecule has 0 fully saturated rings. The Kier molecular flexibility index (Phi) is 8.09. The molecule has 0 aliphatic rings. The predicted octanol–water partition coefficient (Wildman–Crippen LogP) is 6.16. The molecule has 2 heteroatoms. The zero-order valence-corrected chi connectivity index (χ0v) is 14.7. The van der Waals surface area contributed by atoms with Crippen LogP contribution in [0, 0.1) is 0 Å². The first-order valence-corrected chi connectivity index (χ1v) is 9.20. The fraction of sp³-hybridized carbons (Fsp3) is 0.409. The number of hydrogen-bond donors (Lipinski definition) is 1. The van der Waals surface area contributed by atoms with E-state index in [0.717, 1.165) is 24.1 Å². The lowest BCUT2D eigenvalue weighted by atomic mass is 9.97. The second-order valence-corrected chi connectivity index (χ2v) is 6.34. The van der Waals surface area contributed by atoms with Crippen LogP contribution >= 0.6 is 0 Å². The highest BCUT2D eigenvalue weighted by Gasteiger charge is 2.19. The van der Waals surface area contributed by atoms with Crippen molar-refractivity contribution in [2.75, 3.05) is 5.32 Å². The number of rotatable bonds is 11. The Bertz CT molecular complexity index is 579. The van der Waals surface area contributed by atoms with Crippen molar-refractivity contribution in [3.05, 3.63) is 66.2 Å². The zero-order chi connectivity index (χ0) is 17.0. The lowest BCUT2D eigenvalue weighted by molar-refractivity contribution is -0.120. The van der Waals surface area contributed by atoms with Crippen molar-refractivity contribution in [1.29, 1.82) is 0 Å². The van der Waals surface area contributed by atoms with Crippen LogP contribution in [0.3, 0.4) is 0 Å². The number of nitrogens with one attached hydrogen (secondary N) is 1. The van der Waals surface area contributed by atoms with Gasteiger partial charge in [0.15, 0.2) is 5.78 Å². The van der Waals surface area contributed by atoms with Crippen LogP contribution in [0.15, 0.2) is 60.7 Å². The van der Waals surface area contributed by atoms with Gasteiger partial charge >= 0.3 is 0 Å². The number of para-hydroxylation sites is 1. The van der Waals surface area contributed by atoms with Crippen LogP contribution in [0.5, 0.6) is 0 Å². The van der Waals surface area contributed by atoms with Gasteiger partial charge in [-0.1, -0.05) is 87.6 Å². The van der Waals surface area contributed by atoms with Gasteiger partial charge in [-0.25, -0.2) is 0 Å². The van der Waals surface area contributed by atoms with Gasteiger partial charge in [-0.05, 0) is 24.1 Å². The van der Waals surface area contributed by atoms with Crippen LogP contribution < -0.4 is 5.32 Å². The van der Waals surface area contributed by atoms with Crippen molar-refractivity contribution < 1.29 is 4.79 Å². The summed E-state index contributed by atoms with van der Waals surface area (Å²) in [5.41, 5.74) is 2.03. The lowest BCUT2D eigenvalue weighted by Gasteiger charge is -2.19. The molecule has 1 N–H and O–H groups in total. The molecule has 0 aliphatic heterocycles.